The van der Waals surface area contributed by atoms with E-state index in [9.17, 15) is 9.59 Å². The summed E-state index contributed by atoms with van der Waals surface area (Å²) in [6.45, 7) is 3.70. The van der Waals surface area contributed by atoms with E-state index in [2.05, 4.69) is 22.9 Å². The van der Waals surface area contributed by atoms with Crippen molar-refractivity contribution >= 4 is 34.3 Å². The zero-order valence-corrected chi connectivity index (χ0v) is 15.8. The number of thioether (sulfide) groups is 1. The summed E-state index contributed by atoms with van der Waals surface area (Å²) in [5.74, 6) is 0.779. The standard InChI is InChI=1S/C21H19N3O2S/c1-3-10-27-21-23-20(26)18-16(12-17(25)22-19(18)24(21)2)15-9-8-13-6-4-5-7-14(13)11-15/h3-9,11,16H,1,10,12H2,2H3,(H,22,25). The minimum atomic E-state index is -0.303. The molecule has 0 radical (unpaired) electrons. The van der Waals surface area contributed by atoms with Gasteiger partial charge in [0, 0.05) is 25.1 Å². The van der Waals surface area contributed by atoms with Crippen LogP contribution in [0.2, 0.25) is 0 Å². The molecule has 1 atom stereocenters. The van der Waals surface area contributed by atoms with E-state index in [1.807, 2.05) is 43.4 Å². The summed E-state index contributed by atoms with van der Waals surface area (Å²) in [7, 11) is 1.82. The maximum atomic E-state index is 12.8. The molecule has 1 unspecified atom stereocenters. The first-order valence-electron chi connectivity index (χ1n) is 8.71. The molecule has 1 amide bonds. The van der Waals surface area contributed by atoms with Crippen LogP contribution in [0.15, 0.2) is 65.1 Å². The second-order valence-corrected chi connectivity index (χ2v) is 7.52. The fraction of sp³-hybridized carbons (Fsp3) is 0.190. The lowest BCUT2D eigenvalue weighted by Crippen LogP contribution is -2.33. The summed E-state index contributed by atoms with van der Waals surface area (Å²) in [6, 6.07) is 14.1. The van der Waals surface area contributed by atoms with Gasteiger partial charge >= 0.3 is 0 Å². The van der Waals surface area contributed by atoms with Gasteiger partial charge in [-0.2, -0.15) is 4.98 Å². The number of aromatic nitrogens is 2. The van der Waals surface area contributed by atoms with Gasteiger partial charge in [0.15, 0.2) is 5.16 Å². The summed E-state index contributed by atoms with van der Waals surface area (Å²) in [4.78, 5) is 29.5. The summed E-state index contributed by atoms with van der Waals surface area (Å²) < 4.78 is 1.79. The summed E-state index contributed by atoms with van der Waals surface area (Å²) in [5, 5.41) is 5.65. The molecule has 136 valence electrons. The highest BCUT2D eigenvalue weighted by Gasteiger charge is 2.32. The maximum Gasteiger partial charge on any atom is 0.279 e. The van der Waals surface area contributed by atoms with Crippen LogP contribution >= 0.6 is 11.8 Å². The molecule has 0 fully saturated rings. The molecule has 2 heterocycles. The van der Waals surface area contributed by atoms with Gasteiger partial charge < -0.3 is 9.88 Å². The second-order valence-electron chi connectivity index (χ2n) is 6.53. The van der Waals surface area contributed by atoms with Gasteiger partial charge in [0.05, 0.1) is 5.56 Å². The number of nitrogens with one attached hydrogen (secondary N) is 1. The van der Waals surface area contributed by atoms with Crippen LogP contribution in [0.4, 0.5) is 5.82 Å². The van der Waals surface area contributed by atoms with Crippen LogP contribution in [0.3, 0.4) is 0 Å². The number of benzene rings is 2. The second kappa shape index (κ2) is 7.04. The van der Waals surface area contributed by atoms with Gasteiger partial charge in [0.2, 0.25) is 5.91 Å². The van der Waals surface area contributed by atoms with Crippen molar-refractivity contribution in [1.29, 1.82) is 0 Å². The van der Waals surface area contributed by atoms with Crippen molar-refractivity contribution in [1.82, 2.24) is 9.55 Å². The number of carbonyl (C=O) groups excluding carboxylic acids is 1. The smallest absolute Gasteiger partial charge is 0.279 e. The van der Waals surface area contributed by atoms with Crippen molar-refractivity contribution in [2.45, 2.75) is 17.5 Å². The molecule has 1 aliphatic heterocycles. The lowest BCUT2D eigenvalue weighted by molar-refractivity contribution is -0.116. The van der Waals surface area contributed by atoms with Crippen LogP contribution in [-0.2, 0) is 11.8 Å². The lowest BCUT2D eigenvalue weighted by Gasteiger charge is -2.27. The van der Waals surface area contributed by atoms with Gasteiger partial charge in [-0.15, -0.1) is 6.58 Å². The Labute approximate surface area is 161 Å². The molecule has 1 aromatic heterocycles. The van der Waals surface area contributed by atoms with E-state index in [4.69, 9.17) is 0 Å². The Morgan fingerprint density at radius 1 is 1.26 bits per heavy atom. The van der Waals surface area contributed by atoms with Crippen molar-refractivity contribution in [2.24, 2.45) is 7.05 Å². The van der Waals surface area contributed by atoms with Crippen molar-refractivity contribution in [3.8, 4) is 0 Å². The van der Waals surface area contributed by atoms with Gasteiger partial charge in [0.1, 0.15) is 5.82 Å². The molecule has 4 rings (SSSR count). The first-order chi connectivity index (χ1) is 13.1. The van der Waals surface area contributed by atoms with Crippen LogP contribution in [0.25, 0.3) is 10.8 Å². The van der Waals surface area contributed by atoms with Gasteiger partial charge in [-0.3, -0.25) is 9.59 Å². The monoisotopic (exact) mass is 377 g/mol. The van der Waals surface area contributed by atoms with E-state index in [1.54, 1.807) is 10.6 Å². The van der Waals surface area contributed by atoms with Gasteiger partial charge in [-0.1, -0.05) is 60.3 Å². The highest BCUT2D eigenvalue weighted by Crippen LogP contribution is 2.36. The third-order valence-electron chi connectivity index (χ3n) is 4.81. The third-order valence-corrected chi connectivity index (χ3v) is 5.83. The topological polar surface area (TPSA) is 64.0 Å². The fourth-order valence-electron chi connectivity index (χ4n) is 3.51. The molecule has 0 bridgehead atoms. The minimum Gasteiger partial charge on any atom is -0.312 e. The van der Waals surface area contributed by atoms with E-state index in [0.29, 0.717) is 22.3 Å². The summed E-state index contributed by atoms with van der Waals surface area (Å²) >= 11 is 1.42. The SMILES string of the molecule is C=CCSc1nc(=O)c2c(n1C)NC(=O)CC2c1ccc2ccccc2c1. The highest BCUT2D eigenvalue weighted by atomic mass is 32.2. The van der Waals surface area contributed by atoms with E-state index >= 15 is 0 Å². The lowest BCUT2D eigenvalue weighted by atomic mass is 9.86. The van der Waals surface area contributed by atoms with Crippen LogP contribution < -0.4 is 10.9 Å². The Hall–Kier alpha value is -2.86. The van der Waals surface area contributed by atoms with E-state index in [0.717, 1.165) is 16.3 Å². The molecule has 3 aromatic rings. The van der Waals surface area contributed by atoms with Gasteiger partial charge in [0.25, 0.3) is 5.56 Å². The molecule has 27 heavy (non-hydrogen) atoms. The number of carbonyl (C=O) groups is 1. The normalized spacial score (nSPS) is 16.0. The third kappa shape index (κ3) is 3.17. The Bertz CT molecular complexity index is 1120. The molecule has 2 aromatic carbocycles. The first kappa shape index (κ1) is 17.5. The van der Waals surface area contributed by atoms with Crippen LogP contribution in [-0.4, -0.2) is 21.2 Å². The van der Waals surface area contributed by atoms with Gasteiger partial charge in [-0.05, 0) is 16.3 Å². The first-order valence-corrected chi connectivity index (χ1v) is 9.70. The Morgan fingerprint density at radius 2 is 2.04 bits per heavy atom. The largest absolute Gasteiger partial charge is 0.312 e. The number of fused-ring (bicyclic) bond motifs is 2. The number of nitrogens with zero attached hydrogens (tertiary/aromatic N) is 2. The van der Waals surface area contributed by atoms with E-state index < -0.39 is 0 Å². The number of rotatable bonds is 4. The average molecular weight is 377 g/mol. The van der Waals surface area contributed by atoms with Crippen LogP contribution in [0.5, 0.6) is 0 Å². The molecule has 1 N–H and O–H groups in total. The number of hydrogen-bond acceptors (Lipinski definition) is 4. The van der Waals surface area contributed by atoms with Crippen molar-refractivity contribution in [2.75, 3.05) is 11.1 Å². The van der Waals surface area contributed by atoms with Gasteiger partial charge in [-0.25, -0.2) is 0 Å². The molecule has 0 spiro atoms. The number of hydrogen-bond donors (Lipinski definition) is 1. The molecular formula is C21H19N3O2S. The molecule has 1 aliphatic rings. The molecule has 0 aliphatic carbocycles. The average Bonchev–Trinajstić information content (AvgIpc) is 2.68. The highest BCUT2D eigenvalue weighted by molar-refractivity contribution is 7.99. The fourth-order valence-corrected chi connectivity index (χ4v) is 4.21. The van der Waals surface area contributed by atoms with Crippen LogP contribution in [0, 0.1) is 0 Å². The number of anilines is 1. The zero-order chi connectivity index (χ0) is 19.0. The molecular weight excluding hydrogens is 358 g/mol. The number of amides is 1. The predicted octanol–water partition coefficient (Wildman–Crippen LogP) is 3.69. The Morgan fingerprint density at radius 3 is 2.81 bits per heavy atom. The zero-order valence-electron chi connectivity index (χ0n) is 14.9. The Balaban J connectivity index is 1.87. The predicted molar refractivity (Wildman–Crippen MR) is 109 cm³/mol. The quantitative estimate of drug-likeness (QED) is 0.428. The summed E-state index contributed by atoms with van der Waals surface area (Å²) in [6.07, 6.45) is 1.99. The van der Waals surface area contributed by atoms with Crippen LogP contribution in [0.1, 0.15) is 23.5 Å². The molecule has 5 nitrogen and oxygen atoms in total. The van der Waals surface area contributed by atoms with Crippen molar-refractivity contribution < 1.29 is 4.79 Å². The van der Waals surface area contributed by atoms with Crippen molar-refractivity contribution in [3.63, 3.8) is 0 Å². The maximum absolute atomic E-state index is 12.8. The summed E-state index contributed by atoms with van der Waals surface area (Å²) in [5.41, 5.74) is 1.22. The van der Waals surface area contributed by atoms with E-state index in [1.165, 1.54) is 11.8 Å². The Kier molecular flexibility index (Phi) is 4.58. The molecule has 0 saturated heterocycles. The minimum absolute atomic E-state index is 0.0958. The van der Waals surface area contributed by atoms with E-state index in [-0.39, 0.29) is 23.8 Å². The van der Waals surface area contributed by atoms with Crippen molar-refractivity contribution in [3.05, 3.63) is 76.6 Å². The molecule has 6 heteroatoms. The molecule has 0 saturated carbocycles.